The van der Waals surface area contributed by atoms with Gasteiger partial charge in [-0.05, 0) is 12.1 Å². The number of carbonyl (C=O) groups excluding carboxylic acids is 2. The van der Waals surface area contributed by atoms with E-state index >= 15 is 4.39 Å². The predicted molar refractivity (Wildman–Crippen MR) is 171 cm³/mol. The van der Waals surface area contributed by atoms with Crippen LogP contribution in [-0.4, -0.2) is 74.3 Å². The number of piperidine rings is 1. The molecule has 5 rings (SSSR count). The summed E-state index contributed by atoms with van der Waals surface area (Å²) in [5.74, 6) is -1.96. The maximum atomic E-state index is 15.6. The number of anilines is 2. The molecule has 0 radical (unpaired) electrons. The summed E-state index contributed by atoms with van der Waals surface area (Å²) in [6, 6.07) is 4.54. The van der Waals surface area contributed by atoms with E-state index in [1.807, 2.05) is 26.1 Å². The van der Waals surface area contributed by atoms with Crippen LogP contribution in [-0.2, 0) is 22.3 Å². The first-order valence-electron chi connectivity index (χ1n) is 14.9. The van der Waals surface area contributed by atoms with Gasteiger partial charge in [0.2, 0.25) is 0 Å². The average Bonchev–Trinajstić information content (AvgIpc) is 3.33. The first kappa shape index (κ1) is 35.1. The monoisotopic (exact) mass is 736 g/mol. The average molecular weight is 737 g/mol. The Morgan fingerprint density at radius 1 is 1.00 bits per heavy atom. The normalized spacial score (nSPS) is 14.3. The van der Waals surface area contributed by atoms with Crippen molar-refractivity contribution in [3.63, 3.8) is 0 Å². The van der Waals surface area contributed by atoms with Crippen molar-refractivity contribution in [1.82, 2.24) is 19.5 Å². The van der Waals surface area contributed by atoms with Crippen molar-refractivity contribution in [2.24, 2.45) is 0 Å². The van der Waals surface area contributed by atoms with Crippen LogP contribution in [0.25, 0.3) is 16.6 Å². The van der Waals surface area contributed by atoms with E-state index in [4.69, 9.17) is 9.47 Å². The molecule has 1 unspecified atom stereocenters. The van der Waals surface area contributed by atoms with Crippen LogP contribution < -0.4 is 15.1 Å². The minimum atomic E-state index is -4.75. The Hall–Kier alpha value is -4.23. The van der Waals surface area contributed by atoms with Gasteiger partial charge in [-0.25, -0.2) is 4.39 Å². The SMILES string of the molecule is COCc1c(-c2ccc(NC(=O)Nc3cc(C(F)(F)F)ccc3F)c(F)c2)c2c([AsH2])ncnn2c1C1CCN(C(=O)OC(C)(C)C)CC1. The molecule has 3 heterocycles. The molecule has 1 aliphatic rings. The number of aromatic nitrogens is 3. The van der Waals surface area contributed by atoms with Gasteiger partial charge < -0.3 is 0 Å². The molecular weight excluding hydrogens is 702 g/mol. The van der Waals surface area contributed by atoms with Crippen LogP contribution in [0.5, 0.6) is 0 Å². The van der Waals surface area contributed by atoms with Crippen molar-refractivity contribution in [3.8, 4) is 11.1 Å². The number of nitrogens with zero attached hydrogens (tertiary/aromatic N) is 4. The minimum absolute atomic E-state index is 0.0254. The van der Waals surface area contributed by atoms with Crippen molar-refractivity contribution in [2.45, 2.75) is 57.9 Å². The molecule has 16 heteroatoms. The quantitative estimate of drug-likeness (QED) is 0.190. The molecule has 0 saturated carbocycles. The summed E-state index contributed by atoms with van der Waals surface area (Å²) in [5.41, 5.74) is 0.593. The zero-order valence-corrected chi connectivity index (χ0v) is 29.0. The van der Waals surface area contributed by atoms with Gasteiger partial charge in [-0.3, -0.25) is 0 Å². The van der Waals surface area contributed by atoms with E-state index in [0.717, 1.165) is 11.3 Å². The summed E-state index contributed by atoms with van der Waals surface area (Å²) in [4.78, 5) is 31.3. The maximum absolute atomic E-state index is 15.6. The molecule has 0 bridgehead atoms. The standard InChI is InChI=1S/C32H34AsF5N6O4/c1-31(2,3)48-30(46)43-11-9-17(10-12-43)26-20(15-47-4)25(27-28(33)39-16-40-44(26)27)18-5-8-23(22(35)13-18)41-29(45)42-24-14-19(32(36,37)38)6-7-21(24)34/h5-8,13-14,16-17H,9-12,15,33H2,1-4H3,(H2,41,42,45). The third-order valence-electron chi connectivity index (χ3n) is 7.76. The number of urea groups is 1. The van der Waals surface area contributed by atoms with Crippen LogP contribution in [0, 0.1) is 11.6 Å². The Morgan fingerprint density at radius 2 is 1.69 bits per heavy atom. The van der Waals surface area contributed by atoms with Crippen molar-refractivity contribution in [2.75, 3.05) is 30.8 Å². The van der Waals surface area contributed by atoms with Crippen LogP contribution in [0.1, 0.15) is 56.4 Å². The van der Waals surface area contributed by atoms with E-state index in [2.05, 4.69) is 15.4 Å². The van der Waals surface area contributed by atoms with Gasteiger partial charge in [-0.2, -0.15) is 13.2 Å². The van der Waals surface area contributed by atoms with Crippen molar-refractivity contribution in [3.05, 3.63) is 71.2 Å². The zero-order valence-electron chi connectivity index (χ0n) is 26.5. The fourth-order valence-electron chi connectivity index (χ4n) is 5.71. The number of benzene rings is 2. The van der Waals surface area contributed by atoms with Gasteiger partial charge in [0.05, 0.1) is 5.56 Å². The molecule has 0 spiro atoms. The summed E-state index contributed by atoms with van der Waals surface area (Å²) in [6.45, 7) is 6.53. The molecule has 4 aromatic rings. The number of amides is 3. The molecule has 2 aromatic heterocycles. The van der Waals surface area contributed by atoms with Gasteiger partial charge in [-0.15, -0.1) is 0 Å². The summed E-state index contributed by atoms with van der Waals surface area (Å²) >= 11 is 1.23. The first-order chi connectivity index (χ1) is 22.6. The number of nitrogens with one attached hydrogen (secondary N) is 2. The number of rotatable bonds is 6. The molecular formula is C32H34AsF5N6O4. The predicted octanol–water partition coefficient (Wildman–Crippen LogP) is 5.86. The van der Waals surface area contributed by atoms with E-state index < -0.39 is 40.7 Å². The molecule has 48 heavy (non-hydrogen) atoms. The number of halogens is 5. The molecule has 1 fully saturated rings. The van der Waals surface area contributed by atoms with Crippen molar-refractivity contribution in [1.29, 1.82) is 0 Å². The summed E-state index contributed by atoms with van der Waals surface area (Å²) in [5, 5.41) is 8.78. The molecule has 1 atom stereocenters. The molecule has 2 aromatic carbocycles. The van der Waals surface area contributed by atoms with Gasteiger partial charge in [0.25, 0.3) is 0 Å². The molecule has 10 nitrogen and oxygen atoms in total. The molecule has 3 amide bonds. The molecule has 1 aliphatic heterocycles. The second kappa shape index (κ2) is 13.7. The third-order valence-corrected chi connectivity index (χ3v) is 8.65. The Bertz CT molecular complexity index is 1850. The van der Waals surface area contributed by atoms with Gasteiger partial charge in [0.1, 0.15) is 0 Å². The zero-order chi connectivity index (χ0) is 35.0. The number of hydrogen-bond donors (Lipinski definition) is 2. The summed E-state index contributed by atoms with van der Waals surface area (Å²) in [6.07, 6.45) is -2.45. The van der Waals surface area contributed by atoms with Gasteiger partial charge in [0, 0.05) is 0 Å². The van der Waals surface area contributed by atoms with Gasteiger partial charge in [-0.1, -0.05) is 0 Å². The number of likely N-dealkylation sites (tertiary alicyclic amines) is 1. The van der Waals surface area contributed by atoms with E-state index in [0.29, 0.717) is 65.3 Å². The molecule has 0 aliphatic carbocycles. The second-order valence-corrected chi connectivity index (χ2v) is 13.4. The number of ether oxygens (including phenoxy) is 2. The van der Waals surface area contributed by atoms with Crippen LogP contribution in [0.2, 0.25) is 0 Å². The first-order valence-corrected chi connectivity index (χ1v) is 16.1. The van der Waals surface area contributed by atoms with Gasteiger partial charge in [0.15, 0.2) is 0 Å². The van der Waals surface area contributed by atoms with Crippen molar-refractivity contribution < 1.29 is 41.0 Å². The molecule has 1 saturated heterocycles. The van der Waals surface area contributed by atoms with E-state index in [1.54, 1.807) is 22.6 Å². The van der Waals surface area contributed by atoms with Crippen molar-refractivity contribution >= 4 is 50.4 Å². The summed E-state index contributed by atoms with van der Waals surface area (Å²) in [7, 11) is 1.54. The molecule has 256 valence electrons. The van der Waals surface area contributed by atoms with Crippen LogP contribution in [0.15, 0.2) is 42.7 Å². The Kier molecular flexibility index (Phi) is 10.0. The topological polar surface area (TPSA) is 110 Å². The third kappa shape index (κ3) is 7.57. The van der Waals surface area contributed by atoms with E-state index in [-0.39, 0.29) is 24.3 Å². The van der Waals surface area contributed by atoms with Crippen LogP contribution in [0.4, 0.5) is 42.9 Å². The number of hydrogen-bond acceptors (Lipinski definition) is 6. The Morgan fingerprint density at radius 3 is 2.31 bits per heavy atom. The fraction of sp³-hybridized carbons (Fsp3) is 0.375. The van der Waals surface area contributed by atoms with Gasteiger partial charge >= 0.3 is 247 Å². The van der Waals surface area contributed by atoms with Crippen LogP contribution in [0.3, 0.4) is 0 Å². The Balaban J connectivity index is 1.44. The molecule has 2 N–H and O–H groups in total. The van der Waals surface area contributed by atoms with E-state index in [1.165, 1.54) is 35.3 Å². The number of carbonyl (C=O) groups is 2. The fourth-order valence-corrected chi connectivity index (χ4v) is 6.41. The second-order valence-electron chi connectivity index (χ2n) is 12.3. The van der Waals surface area contributed by atoms with E-state index in [9.17, 15) is 27.2 Å². The Labute approximate surface area is 281 Å². The number of methoxy groups -OCH3 is 1. The number of alkyl halides is 3. The summed E-state index contributed by atoms with van der Waals surface area (Å²) < 4.78 is 82.6. The van der Waals surface area contributed by atoms with Crippen LogP contribution >= 0.6 is 0 Å². The number of fused-ring (bicyclic) bond motifs is 1.